The van der Waals surface area contributed by atoms with Crippen molar-refractivity contribution >= 4 is 89.8 Å². The van der Waals surface area contributed by atoms with Gasteiger partial charge >= 0.3 is 0 Å². The van der Waals surface area contributed by atoms with Gasteiger partial charge in [-0.25, -0.2) is 0 Å². The second-order valence-electron chi connectivity index (χ2n) is 24.2. The molecule has 0 N–H and O–H groups in total. The molecule has 0 amide bonds. The van der Waals surface area contributed by atoms with E-state index < -0.39 is 0 Å². The molecule has 16 aromatic rings. The van der Waals surface area contributed by atoms with Crippen molar-refractivity contribution in [3.63, 3.8) is 0 Å². The Morgan fingerprint density at radius 1 is 0.104 bits per heavy atom. The normalized spacial score (nSPS) is 11.1. The fourth-order valence-electron chi connectivity index (χ4n) is 13.3. The van der Waals surface area contributed by atoms with Gasteiger partial charge in [0.25, 0.3) is 0 Å². The first-order chi connectivity index (χ1) is 47.6. The number of para-hydroxylation sites is 4. The first-order valence-corrected chi connectivity index (χ1v) is 32.8. The molecule has 0 aliphatic rings. The molecule has 454 valence electrons. The fraction of sp³-hybridized carbons (Fsp3) is 0. The molecule has 0 atom stereocenters. The monoisotopic (exact) mass is 1230 g/mol. The van der Waals surface area contributed by atoms with Crippen molar-refractivity contribution in [3.05, 3.63) is 400 Å². The molecule has 0 aliphatic carbocycles. The third-order valence-corrected chi connectivity index (χ3v) is 18.2. The fourth-order valence-corrected chi connectivity index (χ4v) is 13.3. The topological polar surface area (TPSA) is 13.0 Å². The van der Waals surface area contributed by atoms with E-state index in [1.54, 1.807) is 0 Å². The molecule has 16 rings (SSSR count). The van der Waals surface area contributed by atoms with Crippen molar-refractivity contribution < 1.29 is 0 Å². The molecule has 0 bridgehead atoms. The number of benzene rings is 16. The van der Waals surface area contributed by atoms with Gasteiger partial charge in [-0.2, -0.15) is 0 Å². The molecule has 0 saturated heterocycles. The second kappa shape index (κ2) is 26.5. The highest BCUT2D eigenvalue weighted by atomic mass is 15.2. The average molecular weight is 1230 g/mol. The molecule has 4 nitrogen and oxygen atoms in total. The average Bonchev–Trinajstić information content (AvgIpc) is 1.11. The van der Waals surface area contributed by atoms with Gasteiger partial charge in [0.1, 0.15) is 0 Å². The lowest BCUT2D eigenvalue weighted by atomic mass is 10.0. The van der Waals surface area contributed by atoms with Gasteiger partial charge in [-0.05, 0) is 235 Å². The zero-order valence-electron chi connectivity index (χ0n) is 52.9. The summed E-state index contributed by atoms with van der Waals surface area (Å²) in [5.74, 6) is 0. The molecule has 0 saturated carbocycles. The maximum Gasteiger partial charge on any atom is 0.0462 e. The summed E-state index contributed by atoms with van der Waals surface area (Å²) in [4.78, 5) is 9.30. The molecule has 0 aromatic heterocycles. The quantitative estimate of drug-likeness (QED) is 0.0901. The van der Waals surface area contributed by atoms with Crippen LogP contribution in [0.1, 0.15) is 0 Å². The Bertz CT molecular complexity index is 4920. The van der Waals surface area contributed by atoms with Gasteiger partial charge < -0.3 is 19.6 Å². The minimum Gasteiger partial charge on any atom is -0.311 e. The minimum atomic E-state index is 1.08. The van der Waals surface area contributed by atoms with Crippen LogP contribution in [-0.4, -0.2) is 0 Å². The summed E-state index contributed by atoms with van der Waals surface area (Å²) in [6.07, 6.45) is 0. The number of fused-ring (bicyclic) bond motifs is 2. The van der Waals surface area contributed by atoms with Crippen molar-refractivity contribution in [3.8, 4) is 55.6 Å². The third kappa shape index (κ3) is 12.2. The molecule has 0 radical (unpaired) electrons. The second-order valence-corrected chi connectivity index (χ2v) is 24.2. The molecule has 0 spiro atoms. The van der Waals surface area contributed by atoms with Crippen LogP contribution < -0.4 is 19.6 Å². The molecular weight excluding hydrogens is 1160 g/mol. The molecule has 0 aliphatic heterocycles. The summed E-state index contributed by atoms with van der Waals surface area (Å²) in [6.45, 7) is 0. The Balaban J connectivity index is 0.617. The van der Waals surface area contributed by atoms with Crippen molar-refractivity contribution in [2.75, 3.05) is 19.6 Å². The molecule has 16 aromatic carbocycles. The van der Waals surface area contributed by atoms with Crippen LogP contribution >= 0.6 is 0 Å². The standard InChI is InChI=1S/C92H66N4/c1-5-21-81(22-6-1)93(87-53-37-71(38-54-87)73-41-57-89(58-42-73)95(83-25-9-3-10-26-83)91-61-45-75(46-62-91)79-31-29-67-17-13-15-19-77(67)65-79)85-49-33-69(34-50-85)70-35-51-86(52-36-70)94(82-23-7-2-8-24-82)88-55-39-72(40-56-88)74-43-59-90(60-44-74)96(84-27-11-4-12-28-84)92-63-47-76(48-64-92)80-32-30-68-18-14-16-20-78(68)66-80/h1-66H. The first kappa shape index (κ1) is 58.3. The van der Waals surface area contributed by atoms with E-state index in [-0.39, 0.29) is 0 Å². The molecule has 0 fully saturated rings. The van der Waals surface area contributed by atoms with E-state index in [1.807, 2.05) is 0 Å². The summed E-state index contributed by atoms with van der Waals surface area (Å²) < 4.78 is 0. The first-order valence-electron chi connectivity index (χ1n) is 32.8. The summed E-state index contributed by atoms with van der Waals surface area (Å²) in [5, 5.41) is 4.98. The highest BCUT2D eigenvalue weighted by molar-refractivity contribution is 5.91. The Labute approximate surface area is 562 Å². The SMILES string of the molecule is c1ccc(N(c2ccc(-c3ccc(N(c4ccccc4)c4ccc(-c5ccc(N(c6ccccc6)c6ccc(-c7ccc8ccccc8c7)cc6)cc5)cc4)cc3)cc2)c2ccc(-c3ccc(N(c4ccccc4)c4ccc(-c5ccc6ccccc6c5)cc4)cc3)cc2)cc1. The van der Waals surface area contributed by atoms with Crippen molar-refractivity contribution in [1.82, 2.24) is 0 Å². The Hall–Kier alpha value is -12.8. The highest BCUT2D eigenvalue weighted by Gasteiger charge is 2.19. The van der Waals surface area contributed by atoms with E-state index in [0.29, 0.717) is 0 Å². The summed E-state index contributed by atoms with van der Waals surface area (Å²) in [7, 11) is 0. The molecular formula is C92H66N4. The van der Waals surface area contributed by atoms with Crippen LogP contribution in [0.15, 0.2) is 400 Å². The highest BCUT2D eigenvalue weighted by Crippen LogP contribution is 2.43. The van der Waals surface area contributed by atoms with Gasteiger partial charge in [-0.1, -0.05) is 243 Å². The van der Waals surface area contributed by atoms with Crippen LogP contribution in [0.5, 0.6) is 0 Å². The zero-order chi connectivity index (χ0) is 64.0. The van der Waals surface area contributed by atoms with E-state index in [0.717, 1.165) is 102 Å². The molecule has 0 unspecified atom stereocenters. The largest absolute Gasteiger partial charge is 0.311 e. The Kier molecular flexibility index (Phi) is 16.1. The predicted molar refractivity (Wildman–Crippen MR) is 407 cm³/mol. The van der Waals surface area contributed by atoms with Gasteiger partial charge in [-0.15, -0.1) is 0 Å². The summed E-state index contributed by atoms with van der Waals surface area (Å²) >= 11 is 0. The maximum atomic E-state index is 2.33. The van der Waals surface area contributed by atoms with E-state index in [4.69, 9.17) is 0 Å². The van der Waals surface area contributed by atoms with Crippen LogP contribution in [0.25, 0.3) is 77.2 Å². The van der Waals surface area contributed by atoms with Gasteiger partial charge in [0, 0.05) is 68.2 Å². The number of nitrogens with zero attached hydrogens (tertiary/aromatic N) is 4. The minimum absolute atomic E-state index is 1.08. The van der Waals surface area contributed by atoms with Crippen LogP contribution in [0.4, 0.5) is 68.2 Å². The van der Waals surface area contributed by atoms with E-state index in [1.165, 1.54) is 43.8 Å². The van der Waals surface area contributed by atoms with Crippen molar-refractivity contribution in [1.29, 1.82) is 0 Å². The lowest BCUT2D eigenvalue weighted by Gasteiger charge is -2.27. The predicted octanol–water partition coefficient (Wildman–Crippen LogP) is 26.2. The van der Waals surface area contributed by atoms with Crippen molar-refractivity contribution in [2.45, 2.75) is 0 Å². The van der Waals surface area contributed by atoms with Crippen LogP contribution in [-0.2, 0) is 0 Å². The Morgan fingerprint density at radius 2 is 0.250 bits per heavy atom. The summed E-state index contributed by atoms with van der Waals surface area (Å²) in [5.41, 5.74) is 24.8. The summed E-state index contributed by atoms with van der Waals surface area (Å²) in [6, 6.07) is 144. The van der Waals surface area contributed by atoms with Crippen LogP contribution in [0.2, 0.25) is 0 Å². The Morgan fingerprint density at radius 3 is 0.448 bits per heavy atom. The zero-order valence-corrected chi connectivity index (χ0v) is 52.9. The lowest BCUT2D eigenvalue weighted by molar-refractivity contribution is 1.28. The third-order valence-electron chi connectivity index (χ3n) is 18.2. The van der Waals surface area contributed by atoms with E-state index in [9.17, 15) is 0 Å². The number of hydrogen-bond acceptors (Lipinski definition) is 4. The van der Waals surface area contributed by atoms with Crippen LogP contribution in [0.3, 0.4) is 0 Å². The van der Waals surface area contributed by atoms with E-state index in [2.05, 4.69) is 420 Å². The number of hydrogen-bond donors (Lipinski definition) is 0. The maximum absolute atomic E-state index is 2.33. The number of anilines is 12. The molecule has 0 heterocycles. The molecule has 96 heavy (non-hydrogen) atoms. The molecule has 4 heteroatoms. The van der Waals surface area contributed by atoms with Gasteiger partial charge in [-0.3, -0.25) is 0 Å². The smallest absolute Gasteiger partial charge is 0.0462 e. The van der Waals surface area contributed by atoms with Gasteiger partial charge in [0.05, 0.1) is 0 Å². The number of rotatable bonds is 17. The lowest BCUT2D eigenvalue weighted by Crippen LogP contribution is -2.10. The van der Waals surface area contributed by atoms with Gasteiger partial charge in [0.15, 0.2) is 0 Å². The van der Waals surface area contributed by atoms with Crippen molar-refractivity contribution in [2.24, 2.45) is 0 Å². The van der Waals surface area contributed by atoms with Crippen LogP contribution in [0, 0.1) is 0 Å². The van der Waals surface area contributed by atoms with E-state index >= 15 is 0 Å². The van der Waals surface area contributed by atoms with Gasteiger partial charge in [0.2, 0.25) is 0 Å².